The highest BCUT2D eigenvalue weighted by atomic mass is 35.5. The molecule has 1 fully saturated rings. The standard InChI is InChI=1S/C25H31ClN2O3/c1-17-12-13-23(18(2)14-17)31-16-24(29)28(15-20-8-4-7-11-22(20)26)19(3)25(30)27-21-9-5-6-10-21/h4,7-8,11-14,19,21H,5-6,9-10,15-16H2,1-3H3,(H,27,30)/t19-/m1/s1. The van der Waals surface area contributed by atoms with Gasteiger partial charge in [-0.2, -0.15) is 0 Å². The largest absolute Gasteiger partial charge is 0.483 e. The summed E-state index contributed by atoms with van der Waals surface area (Å²) in [6.07, 6.45) is 4.25. The fourth-order valence-electron chi connectivity index (χ4n) is 3.97. The summed E-state index contributed by atoms with van der Waals surface area (Å²) < 4.78 is 5.81. The van der Waals surface area contributed by atoms with E-state index in [0.717, 1.165) is 42.4 Å². The van der Waals surface area contributed by atoms with E-state index in [9.17, 15) is 9.59 Å². The molecule has 0 radical (unpaired) electrons. The third-order valence-electron chi connectivity index (χ3n) is 5.85. The molecule has 2 aromatic rings. The second-order valence-electron chi connectivity index (χ2n) is 8.34. The van der Waals surface area contributed by atoms with E-state index in [-0.39, 0.29) is 31.0 Å². The third-order valence-corrected chi connectivity index (χ3v) is 6.22. The number of hydrogen-bond acceptors (Lipinski definition) is 3. The lowest BCUT2D eigenvalue weighted by Crippen LogP contribution is -2.50. The summed E-state index contributed by atoms with van der Waals surface area (Å²) >= 11 is 6.33. The number of rotatable bonds is 8. The third kappa shape index (κ3) is 6.23. The van der Waals surface area contributed by atoms with Crippen molar-refractivity contribution in [2.45, 2.75) is 65.1 Å². The molecule has 2 aromatic carbocycles. The lowest BCUT2D eigenvalue weighted by atomic mass is 10.1. The number of amides is 2. The molecule has 166 valence electrons. The summed E-state index contributed by atoms with van der Waals surface area (Å²) in [5, 5.41) is 3.67. The van der Waals surface area contributed by atoms with Gasteiger partial charge < -0.3 is 15.0 Å². The normalized spacial score (nSPS) is 14.8. The van der Waals surface area contributed by atoms with Gasteiger partial charge in [0.15, 0.2) is 6.61 Å². The van der Waals surface area contributed by atoms with E-state index in [1.165, 1.54) is 0 Å². The second kappa shape index (κ2) is 10.7. The number of hydrogen-bond donors (Lipinski definition) is 1. The maximum atomic E-state index is 13.2. The van der Waals surface area contributed by atoms with Gasteiger partial charge in [0.05, 0.1) is 0 Å². The van der Waals surface area contributed by atoms with Crippen molar-refractivity contribution in [3.8, 4) is 5.75 Å². The van der Waals surface area contributed by atoms with Crippen LogP contribution < -0.4 is 10.1 Å². The van der Waals surface area contributed by atoms with Crippen LogP contribution in [0.25, 0.3) is 0 Å². The smallest absolute Gasteiger partial charge is 0.261 e. The molecular formula is C25H31ClN2O3. The van der Waals surface area contributed by atoms with Crippen molar-refractivity contribution in [1.29, 1.82) is 0 Å². The van der Waals surface area contributed by atoms with Crippen molar-refractivity contribution in [3.63, 3.8) is 0 Å². The Labute approximate surface area is 189 Å². The highest BCUT2D eigenvalue weighted by Gasteiger charge is 2.29. The molecule has 1 aliphatic rings. The van der Waals surface area contributed by atoms with Crippen LogP contribution in [-0.4, -0.2) is 35.4 Å². The Hall–Kier alpha value is -2.53. The van der Waals surface area contributed by atoms with Gasteiger partial charge in [0.2, 0.25) is 5.91 Å². The lowest BCUT2D eigenvalue weighted by Gasteiger charge is -2.30. The fraction of sp³-hybridized carbons (Fsp3) is 0.440. The highest BCUT2D eigenvalue weighted by molar-refractivity contribution is 6.31. The molecule has 5 nitrogen and oxygen atoms in total. The Morgan fingerprint density at radius 3 is 2.55 bits per heavy atom. The number of nitrogens with one attached hydrogen (secondary N) is 1. The molecule has 0 spiro atoms. The quantitative estimate of drug-likeness (QED) is 0.638. The molecular weight excluding hydrogens is 412 g/mol. The van der Waals surface area contributed by atoms with Gasteiger partial charge in [-0.05, 0) is 56.9 Å². The van der Waals surface area contributed by atoms with Gasteiger partial charge in [-0.1, -0.05) is 60.3 Å². The summed E-state index contributed by atoms with van der Waals surface area (Å²) in [5.41, 5.74) is 2.90. The molecule has 1 saturated carbocycles. The zero-order valence-corrected chi connectivity index (χ0v) is 19.2. The number of nitrogens with zero attached hydrogens (tertiary/aromatic N) is 1. The van der Waals surface area contributed by atoms with Crippen LogP contribution in [0.1, 0.15) is 49.3 Å². The lowest BCUT2D eigenvalue weighted by molar-refractivity contribution is -0.142. The van der Waals surface area contributed by atoms with Gasteiger partial charge >= 0.3 is 0 Å². The minimum absolute atomic E-state index is 0.140. The van der Waals surface area contributed by atoms with E-state index in [1.54, 1.807) is 17.9 Å². The van der Waals surface area contributed by atoms with Gasteiger partial charge in [-0.25, -0.2) is 0 Å². The van der Waals surface area contributed by atoms with Crippen molar-refractivity contribution >= 4 is 23.4 Å². The number of benzene rings is 2. The summed E-state index contributed by atoms with van der Waals surface area (Å²) in [5.74, 6) is 0.271. The first-order chi connectivity index (χ1) is 14.8. The molecule has 1 atom stereocenters. The van der Waals surface area contributed by atoms with Gasteiger partial charge in [-0.15, -0.1) is 0 Å². The van der Waals surface area contributed by atoms with Gasteiger partial charge in [-0.3, -0.25) is 9.59 Å². The van der Waals surface area contributed by atoms with Crippen molar-refractivity contribution in [3.05, 3.63) is 64.2 Å². The van der Waals surface area contributed by atoms with Gasteiger partial charge in [0.1, 0.15) is 11.8 Å². The monoisotopic (exact) mass is 442 g/mol. The molecule has 3 rings (SSSR count). The van der Waals surface area contributed by atoms with E-state index in [4.69, 9.17) is 16.3 Å². The molecule has 2 amide bonds. The van der Waals surface area contributed by atoms with Crippen molar-refractivity contribution in [1.82, 2.24) is 10.2 Å². The Morgan fingerprint density at radius 2 is 1.87 bits per heavy atom. The minimum Gasteiger partial charge on any atom is -0.483 e. The first-order valence-corrected chi connectivity index (χ1v) is 11.3. The van der Waals surface area contributed by atoms with Crippen LogP contribution in [0.2, 0.25) is 5.02 Å². The fourth-order valence-corrected chi connectivity index (χ4v) is 4.16. The molecule has 0 unspecified atom stereocenters. The average molecular weight is 443 g/mol. The summed E-state index contributed by atoms with van der Waals surface area (Å²) in [6, 6.07) is 12.8. The zero-order chi connectivity index (χ0) is 22.4. The van der Waals surface area contributed by atoms with E-state index >= 15 is 0 Å². The van der Waals surface area contributed by atoms with Gasteiger partial charge in [0, 0.05) is 17.6 Å². The summed E-state index contributed by atoms with van der Waals surface area (Å²) in [4.78, 5) is 27.6. The first kappa shape index (κ1) is 23.1. The summed E-state index contributed by atoms with van der Waals surface area (Å²) in [7, 11) is 0. The summed E-state index contributed by atoms with van der Waals surface area (Å²) in [6.45, 7) is 5.82. The van der Waals surface area contributed by atoms with E-state index < -0.39 is 6.04 Å². The van der Waals surface area contributed by atoms with E-state index in [1.807, 2.05) is 50.2 Å². The van der Waals surface area contributed by atoms with Crippen LogP contribution in [0.15, 0.2) is 42.5 Å². The van der Waals surface area contributed by atoms with Crippen molar-refractivity contribution in [2.75, 3.05) is 6.61 Å². The molecule has 6 heteroatoms. The number of aryl methyl sites for hydroxylation is 2. The molecule has 31 heavy (non-hydrogen) atoms. The number of carbonyl (C=O) groups excluding carboxylic acids is 2. The molecule has 0 heterocycles. The van der Waals surface area contributed by atoms with Crippen molar-refractivity contribution < 1.29 is 14.3 Å². The topological polar surface area (TPSA) is 58.6 Å². The van der Waals surface area contributed by atoms with Crippen LogP contribution in [0.5, 0.6) is 5.75 Å². The SMILES string of the molecule is Cc1ccc(OCC(=O)N(Cc2ccccc2Cl)[C@H](C)C(=O)NC2CCCC2)c(C)c1. The zero-order valence-electron chi connectivity index (χ0n) is 18.5. The van der Waals surface area contributed by atoms with Crippen molar-refractivity contribution in [2.24, 2.45) is 0 Å². The highest BCUT2D eigenvalue weighted by Crippen LogP contribution is 2.22. The number of halogens is 1. The second-order valence-corrected chi connectivity index (χ2v) is 8.74. The van der Waals surface area contributed by atoms with E-state index in [0.29, 0.717) is 10.8 Å². The van der Waals surface area contributed by atoms with Crippen LogP contribution in [0.4, 0.5) is 0 Å². The average Bonchev–Trinajstić information content (AvgIpc) is 3.25. The van der Waals surface area contributed by atoms with Gasteiger partial charge in [0.25, 0.3) is 5.91 Å². The predicted molar refractivity (Wildman–Crippen MR) is 123 cm³/mol. The Kier molecular flexibility index (Phi) is 7.97. The molecule has 1 aliphatic carbocycles. The van der Waals surface area contributed by atoms with E-state index in [2.05, 4.69) is 5.32 Å². The van der Waals surface area contributed by atoms with Crippen LogP contribution >= 0.6 is 11.6 Å². The maximum absolute atomic E-state index is 13.2. The molecule has 1 N–H and O–H groups in total. The molecule has 0 bridgehead atoms. The Morgan fingerprint density at radius 1 is 1.16 bits per heavy atom. The molecule has 0 aromatic heterocycles. The first-order valence-electron chi connectivity index (χ1n) is 10.9. The number of ether oxygens (including phenoxy) is 1. The Balaban J connectivity index is 1.74. The van der Waals surface area contributed by atoms with Crippen LogP contribution in [-0.2, 0) is 16.1 Å². The van der Waals surface area contributed by atoms with Crippen LogP contribution in [0.3, 0.4) is 0 Å². The maximum Gasteiger partial charge on any atom is 0.261 e. The molecule has 0 aliphatic heterocycles. The molecule has 0 saturated heterocycles. The minimum atomic E-state index is -0.632. The number of carbonyl (C=O) groups is 2. The Bertz CT molecular complexity index is 925. The predicted octanol–water partition coefficient (Wildman–Crippen LogP) is 4.81. The van der Waals surface area contributed by atoms with Crippen LogP contribution in [0, 0.1) is 13.8 Å².